The summed E-state index contributed by atoms with van der Waals surface area (Å²) < 4.78 is 2.08. The van der Waals surface area contributed by atoms with Crippen molar-refractivity contribution in [3.8, 4) is 0 Å². The second-order valence-electron chi connectivity index (χ2n) is 4.79. The molecular formula is C13H25N3. The molecule has 16 heavy (non-hydrogen) atoms. The van der Waals surface area contributed by atoms with Crippen LogP contribution in [-0.2, 0) is 13.1 Å². The average molecular weight is 223 g/mol. The second kappa shape index (κ2) is 6.69. The van der Waals surface area contributed by atoms with Crippen molar-refractivity contribution in [3.63, 3.8) is 0 Å². The van der Waals surface area contributed by atoms with E-state index in [1.54, 1.807) is 0 Å². The average Bonchev–Trinajstić information content (AvgIpc) is 2.70. The number of rotatable bonds is 7. The van der Waals surface area contributed by atoms with Crippen molar-refractivity contribution in [2.75, 3.05) is 0 Å². The highest BCUT2D eigenvalue weighted by atomic mass is 15.3. The van der Waals surface area contributed by atoms with Gasteiger partial charge in [0, 0.05) is 30.9 Å². The minimum atomic E-state index is 0.530. The molecule has 1 N–H and O–H groups in total. The van der Waals surface area contributed by atoms with Crippen LogP contribution in [0.25, 0.3) is 0 Å². The van der Waals surface area contributed by atoms with Gasteiger partial charge in [0.2, 0.25) is 0 Å². The quantitative estimate of drug-likeness (QED) is 0.770. The standard InChI is InChI=1S/C13H25N3/c1-5-12(6-2)9-16-10-13(8-15-16)7-14-11(3)4/h8,10-12,14H,5-7,9H2,1-4H3. The van der Waals surface area contributed by atoms with Gasteiger partial charge in [0.05, 0.1) is 6.20 Å². The summed E-state index contributed by atoms with van der Waals surface area (Å²) in [5.74, 6) is 0.755. The van der Waals surface area contributed by atoms with Gasteiger partial charge in [0.25, 0.3) is 0 Å². The maximum atomic E-state index is 4.41. The zero-order chi connectivity index (χ0) is 12.0. The van der Waals surface area contributed by atoms with Gasteiger partial charge in [-0.05, 0) is 5.92 Å². The molecule has 0 atom stereocenters. The highest BCUT2D eigenvalue weighted by Gasteiger charge is 2.06. The van der Waals surface area contributed by atoms with Crippen molar-refractivity contribution >= 4 is 0 Å². The van der Waals surface area contributed by atoms with Gasteiger partial charge in [0.15, 0.2) is 0 Å². The third-order valence-corrected chi connectivity index (χ3v) is 3.00. The fourth-order valence-corrected chi connectivity index (χ4v) is 1.73. The van der Waals surface area contributed by atoms with E-state index in [2.05, 4.69) is 49.0 Å². The SMILES string of the molecule is CCC(CC)Cn1cc(CNC(C)C)cn1. The number of aromatic nitrogens is 2. The number of hydrogen-bond acceptors (Lipinski definition) is 2. The van der Waals surface area contributed by atoms with E-state index in [9.17, 15) is 0 Å². The van der Waals surface area contributed by atoms with Gasteiger partial charge >= 0.3 is 0 Å². The fraction of sp³-hybridized carbons (Fsp3) is 0.769. The van der Waals surface area contributed by atoms with Crippen LogP contribution in [0.1, 0.15) is 46.1 Å². The highest BCUT2D eigenvalue weighted by Crippen LogP contribution is 2.10. The van der Waals surface area contributed by atoms with Gasteiger partial charge in [-0.15, -0.1) is 0 Å². The smallest absolute Gasteiger partial charge is 0.0534 e. The van der Waals surface area contributed by atoms with Crippen LogP contribution in [0, 0.1) is 5.92 Å². The summed E-state index contributed by atoms with van der Waals surface area (Å²) in [5.41, 5.74) is 1.28. The molecule has 0 amide bonds. The van der Waals surface area contributed by atoms with E-state index in [1.807, 2.05) is 6.20 Å². The van der Waals surface area contributed by atoms with Crippen LogP contribution in [-0.4, -0.2) is 15.8 Å². The van der Waals surface area contributed by atoms with E-state index in [-0.39, 0.29) is 0 Å². The van der Waals surface area contributed by atoms with Crippen LogP contribution in [0.5, 0.6) is 0 Å². The Morgan fingerprint density at radius 3 is 2.56 bits per heavy atom. The second-order valence-corrected chi connectivity index (χ2v) is 4.79. The lowest BCUT2D eigenvalue weighted by molar-refractivity contribution is 0.395. The molecule has 3 nitrogen and oxygen atoms in total. The van der Waals surface area contributed by atoms with E-state index in [0.29, 0.717) is 6.04 Å². The molecule has 0 saturated heterocycles. The normalized spacial score (nSPS) is 11.6. The Labute approximate surface area is 99.2 Å². The predicted molar refractivity (Wildman–Crippen MR) is 68.3 cm³/mol. The van der Waals surface area contributed by atoms with Crippen LogP contribution >= 0.6 is 0 Å². The first-order valence-electron chi connectivity index (χ1n) is 6.40. The summed E-state index contributed by atoms with van der Waals surface area (Å²) in [6, 6.07) is 0.530. The fourth-order valence-electron chi connectivity index (χ4n) is 1.73. The number of nitrogens with one attached hydrogen (secondary N) is 1. The first-order chi connectivity index (χ1) is 7.65. The Morgan fingerprint density at radius 1 is 1.31 bits per heavy atom. The minimum absolute atomic E-state index is 0.530. The molecule has 0 aliphatic rings. The molecule has 1 heterocycles. The molecule has 0 aromatic carbocycles. The van der Waals surface area contributed by atoms with E-state index in [1.165, 1.54) is 18.4 Å². The van der Waals surface area contributed by atoms with Gasteiger partial charge < -0.3 is 5.32 Å². The van der Waals surface area contributed by atoms with Gasteiger partial charge in [-0.2, -0.15) is 5.10 Å². The summed E-state index contributed by atoms with van der Waals surface area (Å²) in [4.78, 5) is 0. The van der Waals surface area contributed by atoms with Crippen molar-refractivity contribution in [2.45, 2.75) is 59.7 Å². The summed E-state index contributed by atoms with van der Waals surface area (Å²) >= 11 is 0. The monoisotopic (exact) mass is 223 g/mol. The molecule has 0 fully saturated rings. The van der Waals surface area contributed by atoms with Crippen LogP contribution < -0.4 is 5.32 Å². The highest BCUT2D eigenvalue weighted by molar-refractivity contribution is 5.03. The lowest BCUT2D eigenvalue weighted by Crippen LogP contribution is -2.21. The van der Waals surface area contributed by atoms with Crippen molar-refractivity contribution in [3.05, 3.63) is 18.0 Å². The minimum Gasteiger partial charge on any atom is -0.310 e. The first-order valence-corrected chi connectivity index (χ1v) is 6.40. The van der Waals surface area contributed by atoms with Crippen molar-refractivity contribution in [2.24, 2.45) is 5.92 Å². The summed E-state index contributed by atoms with van der Waals surface area (Å²) in [6.07, 6.45) is 6.59. The Morgan fingerprint density at radius 2 is 2.00 bits per heavy atom. The maximum Gasteiger partial charge on any atom is 0.0534 e. The molecule has 1 aromatic rings. The zero-order valence-electron chi connectivity index (χ0n) is 11.0. The number of nitrogens with zero attached hydrogens (tertiary/aromatic N) is 2. The number of hydrogen-bond donors (Lipinski definition) is 1. The molecule has 0 aliphatic carbocycles. The largest absolute Gasteiger partial charge is 0.310 e. The Bertz CT molecular complexity index is 287. The van der Waals surface area contributed by atoms with Gasteiger partial charge in [-0.3, -0.25) is 4.68 Å². The zero-order valence-corrected chi connectivity index (χ0v) is 11.0. The lowest BCUT2D eigenvalue weighted by Gasteiger charge is -2.11. The van der Waals surface area contributed by atoms with Crippen molar-refractivity contribution in [1.82, 2.24) is 15.1 Å². The van der Waals surface area contributed by atoms with Crippen LogP contribution in [0.15, 0.2) is 12.4 Å². The van der Waals surface area contributed by atoms with Crippen molar-refractivity contribution in [1.29, 1.82) is 0 Å². The van der Waals surface area contributed by atoms with Crippen LogP contribution in [0.4, 0.5) is 0 Å². The van der Waals surface area contributed by atoms with E-state index >= 15 is 0 Å². The van der Waals surface area contributed by atoms with E-state index < -0.39 is 0 Å². The molecule has 0 bridgehead atoms. The third-order valence-electron chi connectivity index (χ3n) is 3.00. The molecule has 0 spiro atoms. The molecule has 92 valence electrons. The predicted octanol–water partition coefficient (Wildman–Crippen LogP) is 2.82. The summed E-state index contributed by atoms with van der Waals surface area (Å²) in [5, 5.41) is 7.81. The van der Waals surface area contributed by atoms with Crippen LogP contribution in [0.3, 0.4) is 0 Å². The van der Waals surface area contributed by atoms with Gasteiger partial charge in [0.1, 0.15) is 0 Å². The Hall–Kier alpha value is -0.830. The molecule has 0 radical (unpaired) electrons. The molecule has 0 aliphatic heterocycles. The molecule has 1 aromatic heterocycles. The molecule has 1 rings (SSSR count). The molecular weight excluding hydrogens is 198 g/mol. The Kier molecular flexibility index (Phi) is 5.53. The molecule has 0 saturated carbocycles. The molecule has 0 unspecified atom stereocenters. The third kappa shape index (κ3) is 4.35. The van der Waals surface area contributed by atoms with E-state index in [0.717, 1.165) is 19.0 Å². The first kappa shape index (κ1) is 13.2. The topological polar surface area (TPSA) is 29.9 Å². The summed E-state index contributed by atoms with van der Waals surface area (Å²) in [6.45, 7) is 10.8. The van der Waals surface area contributed by atoms with Crippen molar-refractivity contribution < 1.29 is 0 Å². The molecule has 3 heteroatoms. The van der Waals surface area contributed by atoms with Gasteiger partial charge in [-0.25, -0.2) is 0 Å². The lowest BCUT2D eigenvalue weighted by atomic mass is 10.0. The Balaban J connectivity index is 2.44. The van der Waals surface area contributed by atoms with E-state index in [4.69, 9.17) is 0 Å². The van der Waals surface area contributed by atoms with Crippen LogP contribution in [0.2, 0.25) is 0 Å². The maximum absolute atomic E-state index is 4.41. The van der Waals surface area contributed by atoms with Gasteiger partial charge in [-0.1, -0.05) is 40.5 Å². The summed E-state index contributed by atoms with van der Waals surface area (Å²) in [7, 11) is 0.